The molecule has 1 aromatic heterocycles. The lowest BCUT2D eigenvalue weighted by molar-refractivity contribution is 0.115. The molecule has 0 amide bonds. The summed E-state index contributed by atoms with van der Waals surface area (Å²) < 4.78 is 0. The van der Waals surface area contributed by atoms with Crippen molar-refractivity contribution in [2.75, 3.05) is 24.5 Å². The van der Waals surface area contributed by atoms with Gasteiger partial charge in [0.25, 0.3) is 0 Å². The summed E-state index contributed by atoms with van der Waals surface area (Å²) in [4.78, 5) is 9.64. The molecule has 0 bridgehead atoms. The van der Waals surface area contributed by atoms with E-state index in [1.165, 1.54) is 25.8 Å². The van der Waals surface area contributed by atoms with E-state index in [2.05, 4.69) is 27.8 Å². The maximum Gasteiger partial charge on any atom is 0.128 e. The first kappa shape index (κ1) is 13.8. The largest absolute Gasteiger partial charge is 0.389 e. The normalized spacial score (nSPS) is 29.1. The van der Waals surface area contributed by atoms with Gasteiger partial charge in [0.15, 0.2) is 0 Å². The smallest absolute Gasteiger partial charge is 0.128 e. The van der Waals surface area contributed by atoms with E-state index in [-0.39, 0.29) is 0 Å². The highest BCUT2D eigenvalue weighted by atomic mass is 16.3. The molecule has 3 heterocycles. The number of piperazine rings is 1. The summed E-state index contributed by atoms with van der Waals surface area (Å²) in [6.07, 6.45) is 5.39. The number of aromatic nitrogens is 1. The lowest BCUT2D eigenvalue weighted by Crippen LogP contribution is -2.59. The van der Waals surface area contributed by atoms with Gasteiger partial charge < -0.3 is 10.0 Å². The molecule has 2 unspecified atom stereocenters. The molecule has 1 aromatic rings. The van der Waals surface area contributed by atoms with Gasteiger partial charge in [-0.15, -0.1) is 0 Å². The molecule has 3 atom stereocenters. The van der Waals surface area contributed by atoms with Crippen LogP contribution < -0.4 is 4.90 Å². The molecule has 0 radical (unpaired) electrons. The number of pyridine rings is 1. The molecule has 0 aromatic carbocycles. The van der Waals surface area contributed by atoms with E-state index in [4.69, 9.17) is 0 Å². The van der Waals surface area contributed by atoms with Gasteiger partial charge in [-0.2, -0.15) is 0 Å². The van der Waals surface area contributed by atoms with Crippen LogP contribution in [0.25, 0.3) is 0 Å². The lowest BCUT2D eigenvalue weighted by atomic mass is 9.97. The van der Waals surface area contributed by atoms with Crippen LogP contribution >= 0.6 is 0 Å². The number of nitrogens with zero attached hydrogens (tertiary/aromatic N) is 3. The van der Waals surface area contributed by atoms with Crippen LogP contribution in [0.3, 0.4) is 0 Å². The number of aliphatic hydroxyl groups is 1. The number of aliphatic hydroxyl groups excluding tert-OH is 1. The minimum Gasteiger partial charge on any atom is -0.389 e. The van der Waals surface area contributed by atoms with E-state index in [1.807, 2.05) is 6.07 Å². The first-order chi connectivity index (χ1) is 9.65. The van der Waals surface area contributed by atoms with Crippen LogP contribution in [0.5, 0.6) is 0 Å². The van der Waals surface area contributed by atoms with Gasteiger partial charge >= 0.3 is 0 Å². The minimum absolute atomic E-state index is 0.441. The third-order valence-corrected chi connectivity index (χ3v) is 4.73. The zero-order chi connectivity index (χ0) is 14.1. The van der Waals surface area contributed by atoms with E-state index in [0.717, 1.165) is 24.5 Å². The van der Waals surface area contributed by atoms with Crippen molar-refractivity contribution in [3.63, 3.8) is 0 Å². The zero-order valence-electron chi connectivity index (χ0n) is 12.5. The Kier molecular flexibility index (Phi) is 3.94. The average molecular weight is 275 g/mol. The summed E-state index contributed by atoms with van der Waals surface area (Å²) in [7, 11) is 0. The fraction of sp³-hybridized carbons (Fsp3) is 0.688. The molecular formula is C16H25N3O. The predicted octanol–water partition coefficient (Wildman–Crippen LogP) is 2.20. The Labute approximate surface area is 121 Å². The van der Waals surface area contributed by atoms with Gasteiger partial charge in [-0.05, 0) is 44.9 Å². The highest BCUT2D eigenvalue weighted by Crippen LogP contribution is 2.27. The maximum absolute atomic E-state index is 9.57. The number of anilines is 1. The molecule has 3 rings (SSSR count). The summed E-state index contributed by atoms with van der Waals surface area (Å²) in [6.45, 7) is 7.55. The van der Waals surface area contributed by atoms with Crippen molar-refractivity contribution in [1.29, 1.82) is 0 Å². The number of hydrogen-bond acceptors (Lipinski definition) is 4. The Morgan fingerprint density at radius 2 is 2.15 bits per heavy atom. The molecule has 1 N–H and O–H groups in total. The fourth-order valence-corrected chi connectivity index (χ4v) is 3.49. The van der Waals surface area contributed by atoms with Crippen LogP contribution in [0.2, 0.25) is 0 Å². The number of hydrogen-bond donors (Lipinski definition) is 1. The molecule has 0 aliphatic carbocycles. The van der Waals surface area contributed by atoms with Crippen LogP contribution in [-0.4, -0.2) is 46.7 Å². The molecule has 110 valence electrons. The standard InChI is InChI=1S/C16H25N3O/c1-12-10-18-8-4-3-5-15(18)11-19(12)16-7-6-14(9-17-16)13(2)20/h6-7,9,12-13,15,20H,3-5,8,10-11H2,1-2H3/t12?,13-,15?/m1/s1. The van der Waals surface area contributed by atoms with Gasteiger partial charge in [-0.1, -0.05) is 12.5 Å². The van der Waals surface area contributed by atoms with Crippen LogP contribution in [0.1, 0.15) is 44.8 Å². The number of piperidine rings is 1. The first-order valence-electron chi connectivity index (χ1n) is 7.80. The fourth-order valence-electron chi connectivity index (χ4n) is 3.49. The summed E-state index contributed by atoms with van der Waals surface area (Å²) in [5.74, 6) is 1.05. The van der Waals surface area contributed by atoms with Crippen molar-refractivity contribution in [2.45, 2.75) is 51.3 Å². The highest BCUT2D eigenvalue weighted by Gasteiger charge is 2.33. The summed E-state index contributed by atoms with van der Waals surface area (Å²) in [6, 6.07) is 5.25. The van der Waals surface area contributed by atoms with Gasteiger partial charge in [-0.25, -0.2) is 4.98 Å². The average Bonchev–Trinajstić information content (AvgIpc) is 2.46. The molecule has 0 saturated carbocycles. The van der Waals surface area contributed by atoms with Crippen molar-refractivity contribution in [2.24, 2.45) is 0 Å². The van der Waals surface area contributed by atoms with Gasteiger partial charge in [0, 0.05) is 31.4 Å². The Morgan fingerprint density at radius 3 is 2.85 bits per heavy atom. The predicted molar refractivity (Wildman–Crippen MR) is 80.9 cm³/mol. The van der Waals surface area contributed by atoms with Crippen molar-refractivity contribution >= 4 is 5.82 Å². The van der Waals surface area contributed by atoms with Crippen LogP contribution in [0.4, 0.5) is 5.82 Å². The summed E-state index contributed by atoms with van der Waals surface area (Å²) >= 11 is 0. The Bertz CT molecular complexity index is 446. The monoisotopic (exact) mass is 275 g/mol. The zero-order valence-corrected chi connectivity index (χ0v) is 12.5. The first-order valence-corrected chi connectivity index (χ1v) is 7.80. The van der Waals surface area contributed by atoms with Gasteiger partial charge in [0.05, 0.1) is 6.10 Å². The SMILES string of the molecule is CC1CN2CCCCC2CN1c1ccc([C@@H](C)O)cn1. The molecule has 20 heavy (non-hydrogen) atoms. The molecule has 2 aliphatic rings. The van der Waals surface area contributed by atoms with Gasteiger partial charge in [-0.3, -0.25) is 4.90 Å². The number of rotatable bonds is 2. The highest BCUT2D eigenvalue weighted by molar-refractivity contribution is 5.42. The summed E-state index contributed by atoms with van der Waals surface area (Å²) in [5.41, 5.74) is 0.887. The van der Waals surface area contributed by atoms with E-state index >= 15 is 0 Å². The van der Waals surface area contributed by atoms with Crippen LogP contribution in [-0.2, 0) is 0 Å². The molecule has 2 fully saturated rings. The van der Waals surface area contributed by atoms with Crippen molar-refractivity contribution in [3.8, 4) is 0 Å². The molecule has 2 aliphatic heterocycles. The van der Waals surface area contributed by atoms with Crippen molar-refractivity contribution in [1.82, 2.24) is 9.88 Å². The lowest BCUT2D eigenvalue weighted by Gasteiger charge is -2.48. The number of fused-ring (bicyclic) bond motifs is 1. The second-order valence-electron chi connectivity index (χ2n) is 6.27. The quantitative estimate of drug-likeness (QED) is 0.898. The van der Waals surface area contributed by atoms with E-state index in [1.54, 1.807) is 13.1 Å². The van der Waals surface area contributed by atoms with Crippen LogP contribution in [0.15, 0.2) is 18.3 Å². The minimum atomic E-state index is -0.441. The Morgan fingerprint density at radius 1 is 1.30 bits per heavy atom. The topological polar surface area (TPSA) is 39.6 Å². The van der Waals surface area contributed by atoms with E-state index in [0.29, 0.717) is 12.1 Å². The molecule has 4 heteroatoms. The van der Waals surface area contributed by atoms with Gasteiger partial charge in [0.1, 0.15) is 5.82 Å². The van der Waals surface area contributed by atoms with Crippen molar-refractivity contribution in [3.05, 3.63) is 23.9 Å². The van der Waals surface area contributed by atoms with Crippen molar-refractivity contribution < 1.29 is 5.11 Å². The van der Waals surface area contributed by atoms with E-state index in [9.17, 15) is 5.11 Å². The summed E-state index contributed by atoms with van der Waals surface area (Å²) in [5, 5.41) is 9.57. The molecule has 2 saturated heterocycles. The second kappa shape index (κ2) is 5.70. The second-order valence-corrected chi connectivity index (χ2v) is 6.27. The maximum atomic E-state index is 9.57. The molecule has 0 spiro atoms. The Balaban J connectivity index is 1.75. The Hall–Kier alpha value is -1.13. The third-order valence-electron chi connectivity index (χ3n) is 4.73. The molecular weight excluding hydrogens is 250 g/mol. The molecule has 4 nitrogen and oxygen atoms in total. The third kappa shape index (κ3) is 2.67. The van der Waals surface area contributed by atoms with Crippen LogP contribution in [0, 0.1) is 0 Å². The van der Waals surface area contributed by atoms with E-state index < -0.39 is 6.10 Å². The van der Waals surface area contributed by atoms with Gasteiger partial charge in [0.2, 0.25) is 0 Å².